The van der Waals surface area contributed by atoms with Crippen LogP contribution in [0.25, 0.3) is 0 Å². The fourth-order valence-corrected chi connectivity index (χ4v) is 3.25. The molecular formula is C17H15BrN2. The number of benzene rings is 2. The van der Waals surface area contributed by atoms with Gasteiger partial charge < -0.3 is 5.32 Å². The van der Waals surface area contributed by atoms with Crippen molar-refractivity contribution in [3.8, 4) is 6.07 Å². The van der Waals surface area contributed by atoms with Gasteiger partial charge >= 0.3 is 0 Å². The Bertz CT molecular complexity index is 702. The van der Waals surface area contributed by atoms with Gasteiger partial charge in [-0.3, -0.25) is 0 Å². The Morgan fingerprint density at radius 2 is 2.10 bits per heavy atom. The van der Waals surface area contributed by atoms with Gasteiger partial charge in [-0.15, -0.1) is 0 Å². The molecule has 0 saturated heterocycles. The van der Waals surface area contributed by atoms with E-state index in [9.17, 15) is 5.26 Å². The number of rotatable bonds is 2. The summed E-state index contributed by atoms with van der Waals surface area (Å²) in [5.74, 6) is 0. The molecule has 2 aromatic carbocycles. The Labute approximate surface area is 127 Å². The molecule has 1 aliphatic carbocycles. The van der Waals surface area contributed by atoms with Crippen molar-refractivity contribution in [2.45, 2.75) is 25.3 Å². The number of anilines is 1. The van der Waals surface area contributed by atoms with E-state index < -0.39 is 5.54 Å². The second kappa shape index (κ2) is 4.96. The average Bonchev–Trinajstić information content (AvgIpc) is 2.78. The Morgan fingerprint density at radius 1 is 1.25 bits per heavy atom. The lowest BCUT2D eigenvalue weighted by Gasteiger charge is -2.25. The molecular weight excluding hydrogens is 312 g/mol. The first kappa shape index (κ1) is 13.2. The van der Waals surface area contributed by atoms with E-state index >= 15 is 0 Å². The largest absolute Gasteiger partial charge is 0.364 e. The number of aryl methyl sites for hydroxylation is 2. The molecule has 2 aromatic rings. The van der Waals surface area contributed by atoms with Crippen LogP contribution < -0.4 is 5.32 Å². The van der Waals surface area contributed by atoms with Gasteiger partial charge in [0.15, 0.2) is 5.54 Å². The average molecular weight is 327 g/mol. The number of nitriles is 1. The first-order valence-corrected chi connectivity index (χ1v) is 7.47. The molecule has 0 radical (unpaired) electrons. The van der Waals surface area contributed by atoms with Crippen LogP contribution in [0, 0.1) is 18.3 Å². The highest BCUT2D eigenvalue weighted by molar-refractivity contribution is 9.10. The number of halogens is 1. The van der Waals surface area contributed by atoms with E-state index in [0.717, 1.165) is 28.6 Å². The molecule has 20 heavy (non-hydrogen) atoms. The molecule has 1 unspecified atom stereocenters. The summed E-state index contributed by atoms with van der Waals surface area (Å²) in [6.45, 7) is 2.07. The highest BCUT2D eigenvalue weighted by Gasteiger charge is 2.39. The zero-order chi connectivity index (χ0) is 14.2. The number of nitrogens with zero attached hydrogens (tertiary/aromatic N) is 1. The van der Waals surface area contributed by atoms with Crippen LogP contribution in [0.15, 0.2) is 46.9 Å². The smallest absolute Gasteiger partial charge is 0.151 e. The summed E-state index contributed by atoms with van der Waals surface area (Å²) in [5, 5.41) is 13.2. The van der Waals surface area contributed by atoms with E-state index in [1.165, 1.54) is 11.1 Å². The van der Waals surface area contributed by atoms with Crippen LogP contribution >= 0.6 is 15.9 Å². The minimum absolute atomic E-state index is 0.609. The van der Waals surface area contributed by atoms with Crippen LogP contribution in [-0.2, 0) is 12.0 Å². The monoisotopic (exact) mass is 326 g/mol. The van der Waals surface area contributed by atoms with E-state index in [1.54, 1.807) is 0 Å². The quantitative estimate of drug-likeness (QED) is 0.879. The van der Waals surface area contributed by atoms with E-state index in [1.807, 2.05) is 24.3 Å². The van der Waals surface area contributed by atoms with Crippen molar-refractivity contribution >= 4 is 21.6 Å². The minimum atomic E-state index is -0.609. The summed E-state index contributed by atoms with van der Waals surface area (Å²) >= 11 is 3.47. The zero-order valence-electron chi connectivity index (χ0n) is 11.3. The van der Waals surface area contributed by atoms with E-state index in [-0.39, 0.29) is 0 Å². The summed E-state index contributed by atoms with van der Waals surface area (Å²) in [6.07, 6.45) is 1.76. The molecule has 0 aliphatic heterocycles. The Balaban J connectivity index is 2.03. The van der Waals surface area contributed by atoms with E-state index in [0.29, 0.717) is 0 Å². The summed E-state index contributed by atoms with van der Waals surface area (Å²) in [5.41, 5.74) is 3.96. The van der Waals surface area contributed by atoms with Crippen molar-refractivity contribution in [3.63, 3.8) is 0 Å². The number of hydrogen-bond acceptors (Lipinski definition) is 2. The van der Waals surface area contributed by atoms with Gasteiger partial charge in [0.2, 0.25) is 0 Å². The van der Waals surface area contributed by atoms with Crippen LogP contribution in [0.1, 0.15) is 23.1 Å². The standard InChI is InChI=1S/C17H15BrN2/c1-12-5-6-13-7-8-17(11-19,16(13)9-12)20-15-4-2-3-14(18)10-15/h2-6,9-10,20H,7-8H2,1H3. The lowest BCUT2D eigenvalue weighted by molar-refractivity contribution is 0.621. The third kappa shape index (κ3) is 2.21. The number of hydrogen-bond donors (Lipinski definition) is 1. The van der Waals surface area contributed by atoms with E-state index in [2.05, 4.69) is 52.4 Å². The topological polar surface area (TPSA) is 35.8 Å². The molecule has 0 amide bonds. The molecule has 2 nitrogen and oxygen atoms in total. The second-order valence-electron chi connectivity index (χ2n) is 5.31. The molecule has 100 valence electrons. The maximum absolute atomic E-state index is 9.76. The maximum atomic E-state index is 9.76. The van der Waals surface area contributed by atoms with E-state index in [4.69, 9.17) is 0 Å². The predicted molar refractivity (Wildman–Crippen MR) is 84.6 cm³/mol. The molecule has 0 aromatic heterocycles. The fourth-order valence-electron chi connectivity index (χ4n) is 2.85. The molecule has 1 atom stereocenters. The van der Waals surface area contributed by atoms with Crippen LogP contribution in [0.5, 0.6) is 0 Å². The van der Waals surface area contributed by atoms with Crippen LogP contribution in [-0.4, -0.2) is 0 Å². The third-order valence-electron chi connectivity index (χ3n) is 3.87. The van der Waals surface area contributed by atoms with Crippen LogP contribution in [0.4, 0.5) is 5.69 Å². The van der Waals surface area contributed by atoms with Crippen molar-refractivity contribution in [3.05, 3.63) is 63.6 Å². The lowest BCUT2D eigenvalue weighted by Crippen LogP contribution is -2.31. The molecule has 1 aliphatic rings. The lowest BCUT2D eigenvalue weighted by atomic mass is 9.92. The molecule has 0 heterocycles. The SMILES string of the molecule is Cc1ccc2c(c1)C(C#N)(Nc1cccc(Br)c1)CC2. The fraction of sp³-hybridized carbons (Fsp3) is 0.235. The third-order valence-corrected chi connectivity index (χ3v) is 4.36. The molecule has 0 spiro atoms. The molecule has 0 saturated carbocycles. The van der Waals surface area contributed by atoms with Gasteiger partial charge in [0, 0.05) is 10.2 Å². The van der Waals surface area contributed by atoms with Crippen molar-refractivity contribution in [2.75, 3.05) is 5.32 Å². The summed E-state index contributed by atoms with van der Waals surface area (Å²) in [6, 6.07) is 16.9. The summed E-state index contributed by atoms with van der Waals surface area (Å²) in [7, 11) is 0. The Kier molecular flexibility index (Phi) is 3.27. The second-order valence-corrected chi connectivity index (χ2v) is 6.23. The predicted octanol–water partition coefficient (Wildman–Crippen LogP) is 4.53. The van der Waals surface area contributed by atoms with Gasteiger partial charge in [0.05, 0.1) is 6.07 Å². The van der Waals surface area contributed by atoms with Gasteiger partial charge in [0.1, 0.15) is 0 Å². The van der Waals surface area contributed by atoms with Gasteiger partial charge in [0.25, 0.3) is 0 Å². The van der Waals surface area contributed by atoms with Crippen molar-refractivity contribution in [1.29, 1.82) is 5.26 Å². The summed E-state index contributed by atoms with van der Waals surface area (Å²) in [4.78, 5) is 0. The Hall–Kier alpha value is -1.79. The highest BCUT2D eigenvalue weighted by atomic mass is 79.9. The van der Waals surface area contributed by atoms with Crippen LogP contribution in [0.3, 0.4) is 0 Å². The number of nitrogens with one attached hydrogen (secondary N) is 1. The van der Waals surface area contributed by atoms with Gasteiger partial charge in [-0.25, -0.2) is 0 Å². The van der Waals surface area contributed by atoms with Gasteiger partial charge in [-0.1, -0.05) is 45.8 Å². The minimum Gasteiger partial charge on any atom is -0.364 e. The van der Waals surface area contributed by atoms with Gasteiger partial charge in [-0.05, 0) is 49.1 Å². The van der Waals surface area contributed by atoms with Crippen molar-refractivity contribution in [2.24, 2.45) is 0 Å². The normalized spacial score (nSPS) is 20.2. The molecule has 0 fully saturated rings. The summed E-state index contributed by atoms with van der Waals surface area (Å²) < 4.78 is 1.01. The van der Waals surface area contributed by atoms with Crippen LogP contribution in [0.2, 0.25) is 0 Å². The molecule has 1 N–H and O–H groups in total. The maximum Gasteiger partial charge on any atom is 0.151 e. The molecule has 3 rings (SSSR count). The highest BCUT2D eigenvalue weighted by Crippen LogP contribution is 2.39. The molecule has 0 bridgehead atoms. The first-order valence-electron chi connectivity index (χ1n) is 6.68. The van der Waals surface area contributed by atoms with Gasteiger partial charge in [-0.2, -0.15) is 5.26 Å². The molecule has 3 heteroatoms. The first-order chi connectivity index (χ1) is 9.63. The Morgan fingerprint density at radius 3 is 2.85 bits per heavy atom. The van der Waals surface area contributed by atoms with Crippen molar-refractivity contribution in [1.82, 2.24) is 0 Å². The number of fused-ring (bicyclic) bond motifs is 1. The van der Waals surface area contributed by atoms with Crippen molar-refractivity contribution < 1.29 is 0 Å². The zero-order valence-corrected chi connectivity index (χ0v) is 12.9.